The van der Waals surface area contributed by atoms with E-state index in [-0.39, 0.29) is 27.9 Å². The van der Waals surface area contributed by atoms with E-state index in [9.17, 15) is 19.5 Å². The van der Waals surface area contributed by atoms with Gasteiger partial charge in [0.15, 0.2) is 5.13 Å². The highest BCUT2D eigenvalue weighted by atomic mass is 79.9. The second-order valence-electron chi connectivity index (χ2n) is 7.98. The van der Waals surface area contributed by atoms with Crippen molar-refractivity contribution in [2.24, 2.45) is 0 Å². The van der Waals surface area contributed by atoms with Gasteiger partial charge in [0.2, 0.25) is 0 Å². The van der Waals surface area contributed by atoms with Crippen LogP contribution in [0.5, 0.6) is 5.75 Å². The summed E-state index contributed by atoms with van der Waals surface area (Å²) < 4.78 is 11.5. The van der Waals surface area contributed by atoms with Crippen molar-refractivity contribution < 1.29 is 29.0 Å². The number of benzene rings is 2. The van der Waals surface area contributed by atoms with Crippen LogP contribution in [0.4, 0.5) is 5.13 Å². The normalized spacial score (nSPS) is 16.6. The van der Waals surface area contributed by atoms with Gasteiger partial charge in [0.25, 0.3) is 5.78 Å². The van der Waals surface area contributed by atoms with Gasteiger partial charge in [-0.05, 0) is 43.7 Å². The van der Waals surface area contributed by atoms with E-state index in [2.05, 4.69) is 27.5 Å². The number of thiazole rings is 1. The number of aromatic nitrogens is 1. The van der Waals surface area contributed by atoms with E-state index >= 15 is 0 Å². The van der Waals surface area contributed by atoms with Crippen LogP contribution in [0.2, 0.25) is 0 Å². The van der Waals surface area contributed by atoms with E-state index in [0.717, 1.165) is 15.8 Å². The average molecular weight is 583 g/mol. The van der Waals surface area contributed by atoms with Gasteiger partial charge in [-0.15, -0.1) is 0 Å². The highest BCUT2D eigenvalue weighted by Gasteiger charge is 2.48. The molecule has 1 amide bonds. The third-order valence-corrected chi connectivity index (χ3v) is 7.22. The van der Waals surface area contributed by atoms with Crippen LogP contribution in [0.15, 0.2) is 71.2 Å². The highest BCUT2D eigenvalue weighted by molar-refractivity contribution is 9.10. The molecule has 1 unspecified atom stereocenters. The predicted molar refractivity (Wildman–Crippen MR) is 144 cm³/mol. The molecule has 1 saturated heterocycles. The molecule has 0 radical (unpaired) electrons. The third kappa shape index (κ3) is 5.21. The predicted octanol–water partition coefficient (Wildman–Crippen LogP) is 5.58. The minimum Gasteiger partial charge on any atom is -0.507 e. The molecular weight excluding hydrogens is 560 g/mol. The number of aliphatic hydroxyl groups is 1. The van der Waals surface area contributed by atoms with Crippen molar-refractivity contribution in [2.45, 2.75) is 19.9 Å². The average Bonchev–Trinajstić information content (AvgIpc) is 3.39. The number of hydrogen-bond acceptors (Lipinski definition) is 8. The first kappa shape index (κ1) is 26.3. The largest absolute Gasteiger partial charge is 0.507 e. The van der Waals surface area contributed by atoms with Gasteiger partial charge < -0.3 is 14.6 Å². The second kappa shape index (κ2) is 11.1. The summed E-state index contributed by atoms with van der Waals surface area (Å²) in [5.74, 6) is -2.16. The number of rotatable bonds is 8. The first-order chi connectivity index (χ1) is 17.8. The maximum absolute atomic E-state index is 13.4. The van der Waals surface area contributed by atoms with Crippen molar-refractivity contribution in [2.75, 3.05) is 18.1 Å². The molecule has 8 nitrogen and oxygen atoms in total. The minimum absolute atomic E-state index is 0.0235. The van der Waals surface area contributed by atoms with Gasteiger partial charge in [0.05, 0.1) is 23.9 Å². The highest BCUT2D eigenvalue weighted by Crippen LogP contribution is 2.44. The van der Waals surface area contributed by atoms with E-state index in [1.165, 1.54) is 11.0 Å². The standard InChI is InChI=1S/C27H23BrN2O6S/c1-4-13-36-26(34)24-15(3)29-27(37-24)30-21(16-9-11-18(28)12-10-16)20(23(32)25(30)33)22(31)17-7-6-8-19(14-17)35-5-2/h4,6-12,14,21,31H,1,5,13H2,2-3H3. The van der Waals surface area contributed by atoms with Crippen molar-refractivity contribution in [3.63, 3.8) is 0 Å². The van der Waals surface area contributed by atoms with E-state index in [4.69, 9.17) is 9.47 Å². The quantitative estimate of drug-likeness (QED) is 0.121. The first-order valence-corrected chi connectivity index (χ1v) is 12.9. The van der Waals surface area contributed by atoms with Crippen molar-refractivity contribution >= 4 is 55.8 Å². The van der Waals surface area contributed by atoms with Crippen molar-refractivity contribution in [3.8, 4) is 5.75 Å². The molecule has 190 valence electrons. The molecule has 1 aromatic heterocycles. The number of anilines is 1. The van der Waals surface area contributed by atoms with Crippen LogP contribution in [-0.4, -0.2) is 41.0 Å². The third-order valence-electron chi connectivity index (χ3n) is 5.56. The molecule has 1 N–H and O–H groups in total. The fraction of sp³-hybridized carbons (Fsp3) is 0.185. The number of ketones is 1. The fourth-order valence-corrected chi connectivity index (χ4v) is 5.17. The topological polar surface area (TPSA) is 106 Å². The summed E-state index contributed by atoms with van der Waals surface area (Å²) >= 11 is 4.34. The Balaban J connectivity index is 1.87. The number of aryl methyl sites for hydroxylation is 1. The molecule has 10 heteroatoms. The van der Waals surface area contributed by atoms with Crippen molar-refractivity contribution in [1.29, 1.82) is 0 Å². The summed E-state index contributed by atoms with van der Waals surface area (Å²) in [6, 6.07) is 12.7. The van der Waals surface area contributed by atoms with Gasteiger partial charge >= 0.3 is 11.9 Å². The number of carbonyl (C=O) groups excluding carboxylic acids is 3. The summed E-state index contributed by atoms with van der Waals surface area (Å²) in [4.78, 5) is 45.1. The fourth-order valence-electron chi connectivity index (χ4n) is 3.92. The van der Waals surface area contributed by atoms with E-state index < -0.39 is 23.7 Å². The summed E-state index contributed by atoms with van der Waals surface area (Å²) in [7, 11) is 0. The molecule has 4 rings (SSSR count). The number of ether oxygens (including phenoxy) is 2. The Bertz CT molecular complexity index is 1410. The van der Waals surface area contributed by atoms with Gasteiger partial charge in [-0.2, -0.15) is 0 Å². The summed E-state index contributed by atoms with van der Waals surface area (Å²) in [6.45, 7) is 7.44. The van der Waals surface area contributed by atoms with Gasteiger partial charge in [-0.3, -0.25) is 14.5 Å². The molecule has 0 bridgehead atoms. The number of Topliss-reactive ketones (excluding diaryl/α,β-unsaturated/α-hetero) is 1. The molecule has 1 atom stereocenters. The lowest BCUT2D eigenvalue weighted by atomic mass is 9.95. The smallest absolute Gasteiger partial charge is 0.350 e. The lowest BCUT2D eigenvalue weighted by Gasteiger charge is -2.23. The number of halogens is 1. The molecule has 1 aliphatic heterocycles. The number of aliphatic hydroxyl groups excluding tert-OH is 1. The van der Waals surface area contributed by atoms with Gasteiger partial charge in [0.1, 0.15) is 23.0 Å². The Morgan fingerprint density at radius 1 is 1.24 bits per heavy atom. The Morgan fingerprint density at radius 2 is 1.97 bits per heavy atom. The van der Waals surface area contributed by atoms with Crippen LogP contribution in [-0.2, 0) is 14.3 Å². The molecule has 1 fully saturated rings. The molecular formula is C27H23BrN2O6S. The van der Waals surface area contributed by atoms with E-state index in [1.807, 2.05) is 6.92 Å². The number of carbonyl (C=O) groups is 3. The molecule has 2 heterocycles. The van der Waals surface area contributed by atoms with Crippen molar-refractivity contribution in [1.82, 2.24) is 4.98 Å². The maximum Gasteiger partial charge on any atom is 0.350 e. The SMILES string of the molecule is C=CCOC(=O)c1sc(N2C(=O)C(=O)C(=C(O)c3cccc(OCC)c3)C2c2ccc(Br)cc2)nc1C. The number of amides is 1. The molecule has 0 spiro atoms. The van der Waals surface area contributed by atoms with Gasteiger partial charge in [0, 0.05) is 10.0 Å². The van der Waals surface area contributed by atoms with Crippen LogP contribution in [0.25, 0.3) is 5.76 Å². The van der Waals surface area contributed by atoms with E-state index in [1.54, 1.807) is 55.5 Å². The Hall–Kier alpha value is -3.76. The molecule has 2 aromatic carbocycles. The lowest BCUT2D eigenvalue weighted by molar-refractivity contribution is -0.132. The summed E-state index contributed by atoms with van der Waals surface area (Å²) in [6.07, 6.45) is 1.45. The van der Waals surface area contributed by atoms with Gasteiger partial charge in [-0.1, -0.05) is 64.2 Å². The number of nitrogens with zero attached hydrogens (tertiary/aromatic N) is 2. The van der Waals surface area contributed by atoms with Crippen LogP contribution < -0.4 is 9.64 Å². The number of esters is 1. The lowest BCUT2D eigenvalue weighted by Crippen LogP contribution is -2.29. The Morgan fingerprint density at radius 3 is 2.65 bits per heavy atom. The molecule has 1 aliphatic rings. The van der Waals surface area contributed by atoms with E-state index in [0.29, 0.717) is 29.2 Å². The first-order valence-electron chi connectivity index (χ1n) is 11.3. The molecule has 0 saturated carbocycles. The van der Waals surface area contributed by atoms with Crippen LogP contribution in [0.3, 0.4) is 0 Å². The molecule has 0 aliphatic carbocycles. The Labute approximate surface area is 226 Å². The monoisotopic (exact) mass is 582 g/mol. The molecule has 37 heavy (non-hydrogen) atoms. The van der Waals surface area contributed by atoms with Gasteiger partial charge in [-0.25, -0.2) is 9.78 Å². The minimum atomic E-state index is -0.980. The zero-order valence-electron chi connectivity index (χ0n) is 20.1. The molecule has 3 aromatic rings. The maximum atomic E-state index is 13.4. The Kier molecular flexibility index (Phi) is 7.89. The zero-order chi connectivity index (χ0) is 26.7. The van der Waals surface area contributed by atoms with Crippen LogP contribution >= 0.6 is 27.3 Å². The van der Waals surface area contributed by atoms with Crippen molar-refractivity contribution in [3.05, 3.63) is 92.9 Å². The second-order valence-corrected chi connectivity index (χ2v) is 9.87. The summed E-state index contributed by atoms with van der Waals surface area (Å²) in [5.41, 5.74) is 1.17. The van der Waals surface area contributed by atoms with Crippen LogP contribution in [0.1, 0.15) is 39.5 Å². The number of hydrogen-bond donors (Lipinski definition) is 1. The zero-order valence-corrected chi connectivity index (χ0v) is 22.5. The summed E-state index contributed by atoms with van der Waals surface area (Å²) in [5, 5.41) is 11.5. The van der Waals surface area contributed by atoms with Crippen LogP contribution in [0, 0.1) is 6.92 Å².